The molecular weight excluding hydrogens is 588 g/mol. The molecule has 3 aromatic heterocycles. The lowest BCUT2D eigenvalue weighted by atomic mass is 10.0. The number of pyridine rings is 2. The van der Waals surface area contributed by atoms with Crippen LogP contribution in [0.4, 0.5) is 20.3 Å². The molecule has 238 valence electrons. The van der Waals surface area contributed by atoms with Crippen molar-refractivity contribution in [3.63, 3.8) is 0 Å². The van der Waals surface area contributed by atoms with E-state index in [9.17, 15) is 9.59 Å². The van der Waals surface area contributed by atoms with E-state index in [1.165, 1.54) is 28.8 Å². The Morgan fingerprint density at radius 3 is 2.63 bits per heavy atom. The lowest BCUT2D eigenvalue weighted by molar-refractivity contribution is -0.128. The van der Waals surface area contributed by atoms with Crippen molar-refractivity contribution in [2.75, 3.05) is 29.9 Å². The van der Waals surface area contributed by atoms with E-state index < -0.39 is 17.3 Å². The third-order valence-corrected chi connectivity index (χ3v) is 8.64. The first-order chi connectivity index (χ1) is 22.1. The molecular formula is C35H37F2N7O2. The molecule has 46 heavy (non-hydrogen) atoms. The average Bonchev–Trinajstić information content (AvgIpc) is 3.03. The van der Waals surface area contributed by atoms with Gasteiger partial charge in [0.15, 0.2) is 5.65 Å². The summed E-state index contributed by atoms with van der Waals surface area (Å²) in [6.07, 6.45) is 8.49. The van der Waals surface area contributed by atoms with Crippen molar-refractivity contribution in [2.45, 2.75) is 58.5 Å². The summed E-state index contributed by atoms with van der Waals surface area (Å²) in [7, 11) is 0. The van der Waals surface area contributed by atoms with Crippen LogP contribution < -0.4 is 15.9 Å². The van der Waals surface area contributed by atoms with Crippen LogP contribution in [-0.4, -0.2) is 62.0 Å². The number of nitrogens with one attached hydrogen (secondary N) is 1. The highest BCUT2D eigenvalue weighted by molar-refractivity contribution is 5.91. The van der Waals surface area contributed by atoms with Gasteiger partial charge in [-0.25, -0.2) is 23.1 Å². The number of amides is 1. The van der Waals surface area contributed by atoms with Crippen LogP contribution in [0.1, 0.15) is 51.3 Å². The maximum Gasteiger partial charge on any atom is 0.355 e. The largest absolute Gasteiger partial charge is 0.385 e. The van der Waals surface area contributed by atoms with Crippen LogP contribution in [0.5, 0.6) is 0 Å². The number of hydrogen-bond donors (Lipinski definition) is 1. The molecule has 2 atom stereocenters. The van der Waals surface area contributed by atoms with Gasteiger partial charge in [0.1, 0.15) is 23.1 Å². The number of carbonyl (C=O) groups is 1. The fraction of sp³-hybridized carbons (Fsp3) is 0.343. The molecule has 1 amide bonds. The Hall–Kier alpha value is -4.93. The van der Waals surface area contributed by atoms with Gasteiger partial charge in [-0.3, -0.25) is 9.78 Å². The molecule has 1 N–H and O–H groups in total. The summed E-state index contributed by atoms with van der Waals surface area (Å²) in [6.45, 7) is 12.7. The highest BCUT2D eigenvalue weighted by Crippen LogP contribution is 2.35. The molecule has 0 saturated carbocycles. The number of piperazine rings is 1. The predicted molar refractivity (Wildman–Crippen MR) is 177 cm³/mol. The summed E-state index contributed by atoms with van der Waals surface area (Å²) in [6, 6.07) is 7.11. The molecule has 11 heteroatoms. The van der Waals surface area contributed by atoms with Crippen molar-refractivity contribution >= 4 is 28.4 Å². The van der Waals surface area contributed by atoms with E-state index in [0.717, 1.165) is 12.0 Å². The fourth-order valence-corrected chi connectivity index (χ4v) is 6.27. The number of benzene rings is 1. The van der Waals surface area contributed by atoms with Crippen molar-refractivity contribution < 1.29 is 13.6 Å². The lowest BCUT2D eigenvalue weighted by Gasteiger charge is -2.44. The molecule has 2 aliphatic rings. The molecule has 0 aliphatic carbocycles. The second-order valence-corrected chi connectivity index (χ2v) is 12.3. The molecule has 4 aromatic rings. The van der Waals surface area contributed by atoms with Crippen LogP contribution in [0.2, 0.25) is 0 Å². The fourth-order valence-electron chi connectivity index (χ4n) is 6.27. The van der Waals surface area contributed by atoms with Crippen molar-refractivity contribution in [1.82, 2.24) is 24.4 Å². The van der Waals surface area contributed by atoms with Gasteiger partial charge >= 0.3 is 5.69 Å². The first-order valence-electron chi connectivity index (χ1n) is 15.6. The number of rotatable bonds is 3. The number of fused-ring (bicyclic) bond motifs is 7. The normalized spacial score (nSPS) is 18.9. The van der Waals surface area contributed by atoms with E-state index in [2.05, 4.69) is 16.9 Å². The van der Waals surface area contributed by atoms with Gasteiger partial charge in [-0.05, 0) is 74.6 Å². The molecule has 1 saturated heterocycles. The number of halogens is 2. The van der Waals surface area contributed by atoms with Gasteiger partial charge in [0.2, 0.25) is 5.91 Å². The summed E-state index contributed by atoms with van der Waals surface area (Å²) in [5.41, 5.74) is 1.91. The summed E-state index contributed by atoms with van der Waals surface area (Å²) >= 11 is 0. The van der Waals surface area contributed by atoms with Crippen LogP contribution in [0, 0.1) is 11.6 Å². The molecule has 6 bridgehead atoms. The maximum atomic E-state index is 16.2. The van der Waals surface area contributed by atoms with E-state index in [4.69, 9.17) is 9.97 Å². The minimum atomic E-state index is -0.752. The van der Waals surface area contributed by atoms with Crippen molar-refractivity contribution in [3.05, 3.63) is 94.7 Å². The molecule has 1 aromatic carbocycles. The first kappa shape index (κ1) is 31.1. The number of allylic oxidation sites excluding steroid dienone is 1. The van der Waals surface area contributed by atoms with Crippen molar-refractivity contribution in [3.8, 4) is 16.9 Å². The first-order valence-corrected chi connectivity index (χ1v) is 15.6. The van der Waals surface area contributed by atoms with Gasteiger partial charge in [-0.2, -0.15) is 4.98 Å². The Morgan fingerprint density at radius 1 is 1.07 bits per heavy atom. The molecule has 6 rings (SSSR count). The smallest absolute Gasteiger partial charge is 0.355 e. The molecule has 1 fully saturated rings. The Labute approximate surface area is 266 Å². The zero-order chi connectivity index (χ0) is 32.7. The number of carbonyl (C=O) groups excluding carboxylic acids is 1. The second kappa shape index (κ2) is 12.5. The highest BCUT2D eigenvalue weighted by atomic mass is 19.1. The quantitative estimate of drug-likeness (QED) is 0.228. The summed E-state index contributed by atoms with van der Waals surface area (Å²) in [5.74, 6) is -1.40. The minimum absolute atomic E-state index is 0.0288. The predicted octanol–water partition coefficient (Wildman–Crippen LogP) is 5.77. The van der Waals surface area contributed by atoms with Gasteiger partial charge in [0.25, 0.3) is 0 Å². The van der Waals surface area contributed by atoms with Gasteiger partial charge in [-0.1, -0.05) is 32.6 Å². The Bertz CT molecular complexity index is 1940. The molecule has 5 heterocycles. The average molecular weight is 626 g/mol. The highest BCUT2D eigenvalue weighted by Gasteiger charge is 2.34. The summed E-state index contributed by atoms with van der Waals surface area (Å²) in [5, 5.41) is 3.56. The van der Waals surface area contributed by atoms with E-state index in [0.29, 0.717) is 48.5 Å². The third kappa shape index (κ3) is 5.65. The Morgan fingerprint density at radius 2 is 1.87 bits per heavy atom. The van der Waals surface area contributed by atoms with Crippen LogP contribution in [0.3, 0.4) is 0 Å². The number of aromatic nitrogens is 4. The molecule has 0 unspecified atom stereocenters. The van der Waals surface area contributed by atoms with Crippen LogP contribution in [-0.2, 0) is 11.2 Å². The van der Waals surface area contributed by atoms with Gasteiger partial charge in [0.05, 0.1) is 16.8 Å². The Balaban J connectivity index is 1.66. The van der Waals surface area contributed by atoms with Gasteiger partial charge in [-0.15, -0.1) is 0 Å². The van der Waals surface area contributed by atoms with E-state index in [1.807, 2.05) is 50.8 Å². The monoisotopic (exact) mass is 625 g/mol. The topological polar surface area (TPSA) is 96.3 Å². The lowest BCUT2D eigenvalue weighted by Crippen LogP contribution is -2.58. The van der Waals surface area contributed by atoms with Crippen LogP contribution in [0.25, 0.3) is 28.0 Å². The molecule has 0 spiro atoms. The standard InChI is InChI=1S/C35H37F2N7O2/c1-6-30(45)42-18-22(5)43(19-21(42)4)33-26-16-28(37)32-25-15-24(11-12-27(25)36)38-13-9-7-8-10-23-14-29(31(20(2)3)39-17-23)44(34(26)40-32)35(46)41-33/h6-8,11-12,14-17,20-22,38H,1,9-10,13,18-19H2,2-5H3/b8-7+/t21-,22+/m1/s1. The van der Waals surface area contributed by atoms with Crippen molar-refractivity contribution in [1.29, 1.82) is 0 Å². The van der Waals surface area contributed by atoms with E-state index >= 15 is 8.78 Å². The van der Waals surface area contributed by atoms with E-state index in [1.54, 1.807) is 17.2 Å². The zero-order valence-electron chi connectivity index (χ0n) is 26.4. The van der Waals surface area contributed by atoms with E-state index in [-0.39, 0.29) is 46.6 Å². The summed E-state index contributed by atoms with van der Waals surface area (Å²) in [4.78, 5) is 44.4. The number of nitrogens with zero attached hydrogens (tertiary/aromatic N) is 6. The van der Waals surface area contributed by atoms with Crippen molar-refractivity contribution in [2.24, 2.45) is 0 Å². The van der Waals surface area contributed by atoms with Crippen LogP contribution >= 0.6 is 0 Å². The number of anilines is 2. The van der Waals surface area contributed by atoms with Crippen LogP contribution in [0.15, 0.2) is 66.1 Å². The van der Waals surface area contributed by atoms with Gasteiger partial charge < -0.3 is 15.1 Å². The third-order valence-electron chi connectivity index (χ3n) is 8.64. The summed E-state index contributed by atoms with van der Waals surface area (Å²) < 4.78 is 32.9. The minimum Gasteiger partial charge on any atom is -0.385 e. The molecule has 2 aliphatic heterocycles. The SMILES string of the molecule is C=CC(=O)N1C[C@H](C)N(c2nc(=O)n3c4nc(c(F)cc24)-c2cc(ccc2F)NCC/C=C/Cc2cnc(C(C)C)c-3c2)C[C@H]1C. The van der Waals surface area contributed by atoms with Gasteiger partial charge in [0, 0.05) is 49.2 Å². The second-order valence-electron chi connectivity index (χ2n) is 12.3. The maximum absolute atomic E-state index is 16.2. The zero-order valence-corrected chi connectivity index (χ0v) is 26.4. The Kier molecular flexibility index (Phi) is 8.41. The molecule has 9 nitrogen and oxygen atoms in total. The molecule has 0 radical (unpaired) electrons. The number of hydrogen-bond acceptors (Lipinski definition) is 7.